The second kappa shape index (κ2) is 17.9. The van der Waals surface area contributed by atoms with Crippen molar-refractivity contribution in [3.8, 4) is 22.6 Å². The highest BCUT2D eigenvalue weighted by molar-refractivity contribution is 5.77. The van der Waals surface area contributed by atoms with Gasteiger partial charge >= 0.3 is 0 Å². The van der Waals surface area contributed by atoms with Crippen LogP contribution in [0.25, 0.3) is 11.1 Å². The van der Waals surface area contributed by atoms with E-state index in [1.54, 1.807) is 6.07 Å². The van der Waals surface area contributed by atoms with E-state index >= 15 is 0 Å². The summed E-state index contributed by atoms with van der Waals surface area (Å²) in [6.45, 7) is 3.41. The molecule has 2 unspecified atom stereocenters. The van der Waals surface area contributed by atoms with Crippen molar-refractivity contribution in [1.29, 1.82) is 0 Å². The van der Waals surface area contributed by atoms with Crippen molar-refractivity contribution in [1.82, 2.24) is 0 Å². The van der Waals surface area contributed by atoms with Crippen molar-refractivity contribution in [3.05, 3.63) is 191 Å². The first-order chi connectivity index (χ1) is 26.1. The summed E-state index contributed by atoms with van der Waals surface area (Å²) in [6, 6.07) is 48.4. The number of rotatable bonds is 16. The molecule has 0 amide bonds. The fourth-order valence-corrected chi connectivity index (χ4v) is 6.48. The van der Waals surface area contributed by atoms with Crippen molar-refractivity contribution in [2.75, 3.05) is 0 Å². The van der Waals surface area contributed by atoms with Gasteiger partial charge in [0.25, 0.3) is 0 Å². The molecule has 0 N–H and O–H groups in total. The van der Waals surface area contributed by atoms with Gasteiger partial charge in [0.1, 0.15) is 30.5 Å². The summed E-state index contributed by atoms with van der Waals surface area (Å²) in [7, 11) is 0. The predicted molar refractivity (Wildman–Crippen MR) is 202 cm³/mol. The zero-order valence-electron chi connectivity index (χ0n) is 29.7. The Labute approximate surface area is 310 Å². The van der Waals surface area contributed by atoms with Crippen LogP contribution in [0.5, 0.6) is 11.5 Å². The molecule has 270 valence electrons. The average molecular weight is 711 g/mol. The predicted octanol–water partition coefficient (Wildman–Crippen LogP) is 10.2. The molecule has 6 nitrogen and oxygen atoms in total. The van der Waals surface area contributed by atoms with Gasteiger partial charge in [-0.1, -0.05) is 140 Å². The van der Waals surface area contributed by atoms with Crippen LogP contribution in [-0.4, -0.2) is 18.9 Å². The number of ether oxygens (including phenoxy) is 6. The number of benzene rings is 6. The second-order valence-corrected chi connectivity index (χ2v) is 12.9. The van der Waals surface area contributed by atoms with Crippen LogP contribution in [-0.2, 0) is 58.2 Å². The van der Waals surface area contributed by atoms with Crippen molar-refractivity contribution in [3.63, 3.8) is 0 Å². The third-order valence-electron chi connectivity index (χ3n) is 9.09. The van der Waals surface area contributed by atoms with Gasteiger partial charge in [-0.2, -0.15) is 0 Å². The van der Waals surface area contributed by atoms with Gasteiger partial charge < -0.3 is 28.4 Å². The molecule has 1 aliphatic rings. The molecule has 0 saturated carbocycles. The summed E-state index contributed by atoms with van der Waals surface area (Å²) in [6.07, 6.45) is -1.40. The quantitative estimate of drug-likeness (QED) is 0.0997. The van der Waals surface area contributed by atoms with Gasteiger partial charge in [0.2, 0.25) is 12.6 Å². The van der Waals surface area contributed by atoms with Gasteiger partial charge in [0.15, 0.2) is 6.29 Å². The van der Waals surface area contributed by atoms with Crippen LogP contribution in [0, 0.1) is 5.82 Å². The van der Waals surface area contributed by atoms with E-state index < -0.39 is 18.9 Å². The van der Waals surface area contributed by atoms with E-state index in [4.69, 9.17) is 28.4 Å². The van der Waals surface area contributed by atoms with Crippen molar-refractivity contribution in [2.24, 2.45) is 0 Å². The molecule has 0 bridgehead atoms. The minimum atomic E-state index is -0.794. The Balaban J connectivity index is 1.25. The lowest BCUT2D eigenvalue weighted by Crippen LogP contribution is -2.28. The van der Waals surface area contributed by atoms with Crippen LogP contribution in [0.15, 0.2) is 152 Å². The van der Waals surface area contributed by atoms with Crippen LogP contribution in [0.1, 0.15) is 40.3 Å². The Kier molecular flexibility index (Phi) is 12.2. The highest BCUT2D eigenvalue weighted by Crippen LogP contribution is 2.43. The van der Waals surface area contributed by atoms with E-state index in [0.29, 0.717) is 56.3 Å². The van der Waals surface area contributed by atoms with E-state index in [9.17, 15) is 4.39 Å². The Bertz CT molecular complexity index is 1970. The molecule has 6 aromatic rings. The molecule has 0 spiro atoms. The first-order valence-electron chi connectivity index (χ1n) is 18.0. The molecule has 1 fully saturated rings. The van der Waals surface area contributed by atoms with Crippen molar-refractivity contribution in [2.45, 2.75) is 65.1 Å². The fraction of sp³-hybridized carbons (Fsp3) is 0.217. The lowest BCUT2D eigenvalue weighted by molar-refractivity contribution is -0.200. The minimum Gasteiger partial charge on any atom is -0.488 e. The zero-order valence-corrected chi connectivity index (χ0v) is 29.7. The smallest absolute Gasteiger partial charge is 0.212 e. The zero-order chi connectivity index (χ0) is 36.2. The molecule has 0 aliphatic carbocycles. The SMILES string of the molecule is CCc1c(OCc2ccccc2)cc(OCc2ccccc2)c(-c2cccc(F)c2)c1CC1OC(OCc2ccccc2)C(OCc2ccccc2)O1. The maximum absolute atomic E-state index is 14.9. The summed E-state index contributed by atoms with van der Waals surface area (Å²) in [4.78, 5) is 0. The van der Waals surface area contributed by atoms with Crippen molar-refractivity contribution < 1.29 is 32.8 Å². The van der Waals surface area contributed by atoms with Gasteiger partial charge in [0.05, 0.1) is 13.2 Å². The van der Waals surface area contributed by atoms with E-state index in [-0.39, 0.29) is 5.82 Å². The summed E-state index contributed by atoms with van der Waals surface area (Å²) >= 11 is 0. The molecular formula is C46H43FO6. The molecule has 7 rings (SSSR count). The highest BCUT2D eigenvalue weighted by Gasteiger charge is 2.39. The Morgan fingerprint density at radius 1 is 0.509 bits per heavy atom. The Morgan fingerprint density at radius 3 is 1.45 bits per heavy atom. The average Bonchev–Trinajstić information content (AvgIpc) is 3.60. The van der Waals surface area contributed by atoms with Crippen LogP contribution in [0.2, 0.25) is 0 Å². The Morgan fingerprint density at radius 2 is 0.981 bits per heavy atom. The minimum absolute atomic E-state index is 0.301. The summed E-state index contributed by atoms with van der Waals surface area (Å²) in [5.41, 5.74) is 7.32. The van der Waals surface area contributed by atoms with Gasteiger partial charge in [-0.05, 0) is 57.5 Å². The molecule has 1 aliphatic heterocycles. The molecule has 6 aromatic carbocycles. The standard InChI is InChI=1S/C46H43FO6/c1-2-39-40(27-43-52-45(50-31-35-20-11-5-12-21-35)46(53-43)51-32-36-22-13-6-14-23-36)44(37-24-15-25-38(47)26-37)42(49-30-34-18-9-4-10-19-34)28-41(39)48-29-33-16-7-3-8-17-33/h3-26,28,43,45-46H,2,27,29-32H2,1H3. The van der Waals surface area contributed by atoms with E-state index in [2.05, 4.69) is 6.92 Å². The monoisotopic (exact) mass is 710 g/mol. The van der Waals surface area contributed by atoms with Crippen LogP contribution in [0.4, 0.5) is 4.39 Å². The molecular weight excluding hydrogens is 667 g/mol. The lowest BCUT2D eigenvalue weighted by Gasteiger charge is -2.24. The van der Waals surface area contributed by atoms with Gasteiger partial charge in [-0.15, -0.1) is 0 Å². The molecule has 2 atom stereocenters. The normalized spacial score (nSPS) is 16.8. The topological polar surface area (TPSA) is 55.4 Å². The molecule has 53 heavy (non-hydrogen) atoms. The lowest BCUT2D eigenvalue weighted by atomic mass is 9.90. The molecule has 0 radical (unpaired) electrons. The molecule has 0 aromatic heterocycles. The van der Waals surface area contributed by atoms with Gasteiger partial charge in [0, 0.05) is 18.1 Å². The van der Waals surface area contributed by atoms with Crippen LogP contribution >= 0.6 is 0 Å². The number of halogens is 1. The largest absolute Gasteiger partial charge is 0.488 e. The van der Waals surface area contributed by atoms with Crippen molar-refractivity contribution >= 4 is 0 Å². The van der Waals surface area contributed by atoms with Gasteiger partial charge in [-0.25, -0.2) is 4.39 Å². The molecule has 7 heteroatoms. The summed E-state index contributed by atoms with van der Waals surface area (Å²) in [5.74, 6) is 0.907. The maximum Gasteiger partial charge on any atom is 0.212 e. The second-order valence-electron chi connectivity index (χ2n) is 12.9. The van der Waals surface area contributed by atoms with E-state index in [1.807, 2.05) is 133 Å². The molecule has 1 saturated heterocycles. The van der Waals surface area contributed by atoms with E-state index in [0.717, 1.165) is 38.9 Å². The third kappa shape index (κ3) is 9.57. The number of hydrogen-bond donors (Lipinski definition) is 0. The molecule has 1 heterocycles. The summed E-state index contributed by atoms with van der Waals surface area (Å²) < 4.78 is 53.7. The van der Waals surface area contributed by atoms with E-state index in [1.165, 1.54) is 12.1 Å². The summed E-state index contributed by atoms with van der Waals surface area (Å²) in [5, 5.41) is 0. The third-order valence-corrected chi connectivity index (χ3v) is 9.09. The fourth-order valence-electron chi connectivity index (χ4n) is 6.48. The van der Waals surface area contributed by atoms with Gasteiger partial charge in [-0.3, -0.25) is 0 Å². The Hall–Kier alpha value is -5.31. The van der Waals surface area contributed by atoms with Crippen LogP contribution in [0.3, 0.4) is 0 Å². The van der Waals surface area contributed by atoms with Crippen LogP contribution < -0.4 is 9.47 Å². The number of hydrogen-bond acceptors (Lipinski definition) is 6. The first-order valence-corrected chi connectivity index (χ1v) is 18.0. The maximum atomic E-state index is 14.9. The first kappa shape index (κ1) is 36.1. The highest BCUT2D eigenvalue weighted by atomic mass is 19.1.